The maximum absolute atomic E-state index is 12.5. The summed E-state index contributed by atoms with van der Waals surface area (Å²) >= 11 is 12.0. The lowest BCUT2D eigenvalue weighted by Crippen LogP contribution is -2.34. The van der Waals surface area contributed by atoms with E-state index in [1.807, 2.05) is 0 Å². The van der Waals surface area contributed by atoms with Gasteiger partial charge in [-0.1, -0.05) is 47.5 Å². The number of rotatable bonds is 4. The highest BCUT2D eigenvalue weighted by molar-refractivity contribution is 6.39. The summed E-state index contributed by atoms with van der Waals surface area (Å²) in [6, 6.07) is 10.7. The van der Waals surface area contributed by atoms with Crippen LogP contribution >= 0.6 is 23.2 Å². The molecule has 0 unspecified atom stereocenters. The van der Waals surface area contributed by atoms with Gasteiger partial charge in [0.15, 0.2) is 0 Å². The fourth-order valence-electron chi connectivity index (χ4n) is 2.43. The van der Waals surface area contributed by atoms with Crippen molar-refractivity contribution in [3.05, 3.63) is 68.6 Å². The van der Waals surface area contributed by atoms with Crippen LogP contribution in [0.3, 0.4) is 0 Å². The smallest absolute Gasteiger partial charge is 0.275 e. The number of aromatic carboxylic acids is 1. The van der Waals surface area contributed by atoms with Crippen LogP contribution in [0.15, 0.2) is 47.3 Å². The van der Waals surface area contributed by atoms with Gasteiger partial charge in [0.1, 0.15) is 12.2 Å². The van der Waals surface area contributed by atoms with Gasteiger partial charge in [0, 0.05) is 5.39 Å². The molecule has 1 aromatic heterocycles. The molecule has 0 aliphatic heterocycles. The number of carbonyl (C=O) groups excluding carboxylic acids is 2. The van der Waals surface area contributed by atoms with Crippen molar-refractivity contribution in [3.8, 4) is 0 Å². The quantitative estimate of drug-likeness (QED) is 0.729. The first kappa shape index (κ1) is 17.9. The molecule has 1 amide bonds. The molecular weight excluding hydrogens is 381 g/mol. The molecule has 9 heteroatoms. The minimum atomic E-state index is -1.55. The van der Waals surface area contributed by atoms with E-state index in [-0.39, 0.29) is 26.5 Å². The van der Waals surface area contributed by atoms with Crippen molar-refractivity contribution >= 4 is 51.5 Å². The zero-order valence-electron chi connectivity index (χ0n) is 13.0. The number of benzene rings is 2. The number of anilines is 1. The van der Waals surface area contributed by atoms with Crippen molar-refractivity contribution in [2.45, 2.75) is 6.54 Å². The van der Waals surface area contributed by atoms with Crippen molar-refractivity contribution in [1.29, 1.82) is 0 Å². The van der Waals surface area contributed by atoms with Crippen molar-refractivity contribution < 1.29 is 14.7 Å². The number of carboxylic acids is 1. The van der Waals surface area contributed by atoms with E-state index >= 15 is 0 Å². The molecule has 1 N–H and O–H groups in total. The Kier molecular flexibility index (Phi) is 4.92. The topological polar surface area (TPSA) is 104 Å². The number of carboxylic acid groups (broad SMARTS) is 1. The number of nitrogens with one attached hydrogen (secondary N) is 1. The fraction of sp³-hybridized carbons (Fsp3) is 0.0588. The molecule has 0 aliphatic carbocycles. The number of carbonyl (C=O) groups is 2. The molecule has 0 saturated carbocycles. The number of hydrogen-bond donors (Lipinski definition) is 1. The van der Waals surface area contributed by atoms with Gasteiger partial charge in [0.25, 0.3) is 5.56 Å². The first-order valence-corrected chi connectivity index (χ1v) is 8.09. The Balaban J connectivity index is 1.98. The number of hydrogen-bond acceptors (Lipinski definition) is 5. The summed E-state index contributed by atoms with van der Waals surface area (Å²) in [5.74, 6) is -2.20. The second kappa shape index (κ2) is 7.15. The average Bonchev–Trinajstić information content (AvgIpc) is 2.60. The Morgan fingerprint density at radius 3 is 2.27 bits per heavy atom. The number of amides is 1. The van der Waals surface area contributed by atoms with E-state index in [9.17, 15) is 19.5 Å². The van der Waals surface area contributed by atoms with E-state index in [0.29, 0.717) is 0 Å². The van der Waals surface area contributed by atoms with Crippen molar-refractivity contribution in [2.75, 3.05) is 5.32 Å². The van der Waals surface area contributed by atoms with Crippen LogP contribution in [0, 0.1) is 0 Å². The summed E-state index contributed by atoms with van der Waals surface area (Å²) in [6.45, 7) is -0.522. The maximum atomic E-state index is 12.5. The number of para-hydroxylation sites is 1. The Hall–Kier alpha value is -2.90. The number of aromatic nitrogens is 2. The van der Waals surface area contributed by atoms with Crippen LogP contribution in [0.5, 0.6) is 0 Å². The van der Waals surface area contributed by atoms with Crippen molar-refractivity contribution in [1.82, 2.24) is 9.78 Å². The van der Waals surface area contributed by atoms with Crippen molar-refractivity contribution in [3.63, 3.8) is 0 Å². The highest BCUT2D eigenvalue weighted by atomic mass is 35.5. The molecule has 0 atom stereocenters. The number of fused-ring (bicyclic) bond motifs is 1. The SMILES string of the molecule is O=C(Cn1nc(C(=O)[O-])c2ccccc2c1=O)Nc1c(Cl)cccc1Cl. The Labute approximate surface area is 156 Å². The van der Waals surface area contributed by atoms with Gasteiger partial charge in [-0.15, -0.1) is 0 Å². The van der Waals surface area contributed by atoms with Crippen LogP contribution in [0.25, 0.3) is 10.8 Å². The van der Waals surface area contributed by atoms with Gasteiger partial charge >= 0.3 is 0 Å². The van der Waals surface area contributed by atoms with E-state index in [1.54, 1.807) is 18.2 Å². The molecule has 0 fully saturated rings. The van der Waals surface area contributed by atoms with Gasteiger partial charge in [-0.3, -0.25) is 9.59 Å². The lowest BCUT2D eigenvalue weighted by Gasteiger charge is -2.12. The zero-order valence-corrected chi connectivity index (χ0v) is 14.5. The second-order valence-electron chi connectivity index (χ2n) is 5.29. The van der Waals surface area contributed by atoms with Gasteiger partial charge in [0.05, 0.1) is 27.1 Å². The molecule has 0 saturated heterocycles. The van der Waals surface area contributed by atoms with Gasteiger partial charge < -0.3 is 15.2 Å². The molecule has 132 valence electrons. The molecule has 3 rings (SSSR count). The third kappa shape index (κ3) is 3.40. The number of halogens is 2. The first-order valence-electron chi connectivity index (χ1n) is 7.33. The van der Waals surface area contributed by atoms with E-state index in [2.05, 4.69) is 10.4 Å². The van der Waals surface area contributed by atoms with Gasteiger partial charge in [-0.05, 0) is 18.2 Å². The average molecular weight is 391 g/mol. The number of nitrogens with zero attached hydrogens (tertiary/aromatic N) is 2. The highest BCUT2D eigenvalue weighted by Gasteiger charge is 2.15. The molecule has 3 aromatic rings. The zero-order chi connectivity index (χ0) is 18.8. The molecule has 0 radical (unpaired) electrons. The molecule has 1 heterocycles. The lowest BCUT2D eigenvalue weighted by molar-refractivity contribution is -0.255. The maximum Gasteiger partial charge on any atom is 0.275 e. The summed E-state index contributed by atoms with van der Waals surface area (Å²) in [5.41, 5.74) is -0.843. The van der Waals surface area contributed by atoms with Gasteiger partial charge in [0.2, 0.25) is 5.91 Å². The van der Waals surface area contributed by atoms with E-state index < -0.39 is 29.7 Å². The highest BCUT2D eigenvalue weighted by Crippen LogP contribution is 2.29. The van der Waals surface area contributed by atoms with Crippen molar-refractivity contribution in [2.24, 2.45) is 0 Å². The monoisotopic (exact) mass is 390 g/mol. The molecule has 7 nitrogen and oxygen atoms in total. The van der Waals surface area contributed by atoms with Crippen LogP contribution in [-0.2, 0) is 11.3 Å². The minimum Gasteiger partial charge on any atom is -0.543 e. The summed E-state index contributed by atoms with van der Waals surface area (Å²) < 4.78 is 0.757. The Morgan fingerprint density at radius 2 is 1.65 bits per heavy atom. The molecule has 2 aromatic carbocycles. The van der Waals surface area contributed by atoms with E-state index in [1.165, 1.54) is 24.3 Å². The van der Waals surface area contributed by atoms with Crippen LogP contribution in [0.4, 0.5) is 5.69 Å². The minimum absolute atomic E-state index is 0.116. The first-order chi connectivity index (χ1) is 12.4. The standard InChI is InChI=1S/C17H11Cl2N3O4/c18-11-6-3-7-12(19)15(11)20-13(23)8-22-16(24)10-5-2-1-4-9(10)14(21-22)17(25)26/h1-7H,8H2,(H,20,23)(H,25,26)/p-1. The Morgan fingerprint density at radius 1 is 1.04 bits per heavy atom. The predicted molar refractivity (Wildman–Crippen MR) is 95.4 cm³/mol. The van der Waals surface area contributed by atoms with Gasteiger partial charge in [-0.25, -0.2) is 4.68 Å². The molecule has 26 heavy (non-hydrogen) atoms. The third-order valence-corrected chi connectivity index (χ3v) is 4.21. The van der Waals surface area contributed by atoms with E-state index in [4.69, 9.17) is 23.2 Å². The molecular formula is C17H10Cl2N3O4-. The summed E-state index contributed by atoms with van der Waals surface area (Å²) in [5, 5.41) is 18.2. The van der Waals surface area contributed by atoms with Crippen LogP contribution < -0.4 is 16.0 Å². The van der Waals surface area contributed by atoms with Gasteiger partial charge in [-0.2, -0.15) is 5.10 Å². The predicted octanol–water partition coefficient (Wildman–Crippen LogP) is 1.71. The third-order valence-electron chi connectivity index (χ3n) is 3.58. The molecule has 0 aliphatic rings. The van der Waals surface area contributed by atoms with Crippen LogP contribution in [0.1, 0.15) is 10.5 Å². The second-order valence-corrected chi connectivity index (χ2v) is 6.10. The molecule has 0 bridgehead atoms. The van der Waals surface area contributed by atoms with Crippen LogP contribution in [0.2, 0.25) is 10.0 Å². The lowest BCUT2D eigenvalue weighted by atomic mass is 10.1. The summed E-state index contributed by atoms with van der Waals surface area (Å²) in [6.07, 6.45) is 0. The Bertz CT molecular complexity index is 1070. The molecule has 0 spiro atoms. The summed E-state index contributed by atoms with van der Waals surface area (Å²) in [7, 11) is 0. The van der Waals surface area contributed by atoms with Crippen LogP contribution in [-0.4, -0.2) is 21.7 Å². The van der Waals surface area contributed by atoms with E-state index in [0.717, 1.165) is 4.68 Å². The normalized spacial score (nSPS) is 10.7. The fourth-order valence-corrected chi connectivity index (χ4v) is 2.92. The summed E-state index contributed by atoms with van der Waals surface area (Å²) in [4.78, 5) is 36.1. The largest absolute Gasteiger partial charge is 0.543 e.